The lowest BCUT2D eigenvalue weighted by Gasteiger charge is -2.37. The Balaban J connectivity index is 1.53. The van der Waals surface area contributed by atoms with Gasteiger partial charge in [0.15, 0.2) is 17.2 Å². The van der Waals surface area contributed by atoms with Gasteiger partial charge in [-0.2, -0.15) is 18.3 Å². The van der Waals surface area contributed by atoms with Gasteiger partial charge in [-0.05, 0) is 25.0 Å². The van der Waals surface area contributed by atoms with Crippen molar-refractivity contribution < 1.29 is 26.7 Å². The highest BCUT2D eigenvalue weighted by Gasteiger charge is 2.37. The first-order chi connectivity index (χ1) is 15.8. The van der Waals surface area contributed by atoms with E-state index in [9.17, 15) is 22.0 Å². The Bertz CT molecular complexity index is 1160. The molecule has 174 valence electrons. The van der Waals surface area contributed by atoms with Crippen LogP contribution in [-0.4, -0.2) is 50.4 Å². The van der Waals surface area contributed by atoms with Gasteiger partial charge in [-0.15, -0.1) is 6.42 Å². The predicted molar refractivity (Wildman–Crippen MR) is 109 cm³/mol. The number of alkyl halides is 5. The van der Waals surface area contributed by atoms with Crippen LogP contribution in [0, 0.1) is 18.3 Å². The van der Waals surface area contributed by atoms with E-state index in [1.54, 1.807) is 4.90 Å². The van der Waals surface area contributed by atoms with Gasteiger partial charge >= 0.3 is 6.18 Å². The highest BCUT2D eigenvalue weighted by atomic mass is 19.4. The maximum atomic E-state index is 13.2. The SMILES string of the molecule is C#C[C@H]1CC[C@@H](COc2cccnc2C(F)(F)F)CN1c1cnc2cnn(CC(F)F)c2n1. The van der Waals surface area contributed by atoms with Crippen LogP contribution in [0.2, 0.25) is 0 Å². The number of nitrogens with zero attached hydrogens (tertiary/aromatic N) is 6. The summed E-state index contributed by atoms with van der Waals surface area (Å²) in [5.41, 5.74) is -0.514. The van der Waals surface area contributed by atoms with Crippen LogP contribution in [-0.2, 0) is 12.7 Å². The summed E-state index contributed by atoms with van der Waals surface area (Å²) in [5, 5.41) is 3.90. The molecule has 0 saturated carbocycles. The number of pyridine rings is 1. The van der Waals surface area contributed by atoms with Crippen molar-refractivity contribution in [2.24, 2.45) is 5.92 Å². The number of fused-ring (bicyclic) bond motifs is 1. The summed E-state index contributed by atoms with van der Waals surface area (Å²) in [6, 6.07) is 2.27. The minimum atomic E-state index is -4.63. The minimum absolute atomic E-state index is 0.0154. The molecule has 0 radical (unpaired) electrons. The van der Waals surface area contributed by atoms with E-state index in [2.05, 4.69) is 26.0 Å². The lowest BCUT2D eigenvalue weighted by molar-refractivity contribution is -0.142. The average Bonchev–Trinajstić information content (AvgIpc) is 3.18. The van der Waals surface area contributed by atoms with Gasteiger partial charge in [0.1, 0.15) is 17.8 Å². The lowest BCUT2D eigenvalue weighted by atomic mass is 9.93. The van der Waals surface area contributed by atoms with E-state index in [4.69, 9.17) is 11.2 Å². The third-order valence-corrected chi connectivity index (χ3v) is 5.32. The van der Waals surface area contributed by atoms with Crippen molar-refractivity contribution in [3.63, 3.8) is 0 Å². The molecule has 1 aliphatic heterocycles. The predicted octanol–water partition coefficient (Wildman–Crippen LogP) is 3.80. The molecule has 3 aromatic heterocycles. The van der Waals surface area contributed by atoms with Crippen LogP contribution in [0.25, 0.3) is 11.2 Å². The molecule has 0 bridgehead atoms. The second-order valence-corrected chi connectivity index (χ2v) is 7.59. The van der Waals surface area contributed by atoms with Crippen molar-refractivity contribution in [1.29, 1.82) is 0 Å². The maximum Gasteiger partial charge on any atom is 0.437 e. The van der Waals surface area contributed by atoms with Crippen molar-refractivity contribution in [1.82, 2.24) is 24.7 Å². The molecule has 2 atom stereocenters. The molecule has 0 amide bonds. The van der Waals surface area contributed by atoms with E-state index < -0.39 is 24.8 Å². The molecule has 1 fully saturated rings. The maximum absolute atomic E-state index is 13.2. The number of hydrogen-bond acceptors (Lipinski definition) is 6. The highest BCUT2D eigenvalue weighted by Crippen LogP contribution is 2.35. The summed E-state index contributed by atoms with van der Waals surface area (Å²) in [4.78, 5) is 13.9. The summed E-state index contributed by atoms with van der Waals surface area (Å²) in [6.45, 7) is -0.259. The Morgan fingerprint density at radius 1 is 1.21 bits per heavy atom. The zero-order chi connectivity index (χ0) is 23.6. The van der Waals surface area contributed by atoms with Gasteiger partial charge in [-0.3, -0.25) is 0 Å². The molecule has 1 aliphatic rings. The van der Waals surface area contributed by atoms with Crippen LogP contribution in [0.3, 0.4) is 0 Å². The van der Waals surface area contributed by atoms with Crippen LogP contribution in [0.15, 0.2) is 30.7 Å². The number of hydrogen-bond donors (Lipinski definition) is 0. The van der Waals surface area contributed by atoms with Gasteiger partial charge < -0.3 is 9.64 Å². The first-order valence-electron chi connectivity index (χ1n) is 10.1. The molecule has 4 heterocycles. The molecular formula is C21H19F5N6O. The number of aromatic nitrogens is 5. The summed E-state index contributed by atoms with van der Waals surface area (Å²) in [6.07, 6.45) is 3.52. The zero-order valence-electron chi connectivity index (χ0n) is 17.2. The minimum Gasteiger partial charge on any atom is -0.491 e. The third-order valence-electron chi connectivity index (χ3n) is 5.32. The van der Waals surface area contributed by atoms with Gasteiger partial charge in [0, 0.05) is 18.7 Å². The topological polar surface area (TPSA) is 69.0 Å². The van der Waals surface area contributed by atoms with Crippen LogP contribution in [0.5, 0.6) is 5.75 Å². The quantitative estimate of drug-likeness (QED) is 0.407. The van der Waals surface area contributed by atoms with Gasteiger partial charge in [0.2, 0.25) is 0 Å². The molecule has 33 heavy (non-hydrogen) atoms. The third kappa shape index (κ3) is 4.97. The number of halogens is 5. The standard InChI is InChI=1S/C21H19F5N6O/c1-2-14-6-5-13(12-33-16-4-3-7-27-19(16)21(24,25)26)10-31(14)18-9-28-15-8-29-32(11-17(22)23)20(15)30-18/h1,3-4,7-9,13-14,17H,5-6,10-12H2/t13-,14+/m1/s1. The number of piperidine rings is 1. The van der Waals surface area contributed by atoms with E-state index in [1.165, 1.54) is 24.5 Å². The van der Waals surface area contributed by atoms with Crippen molar-refractivity contribution in [2.45, 2.75) is 38.0 Å². The zero-order valence-corrected chi connectivity index (χ0v) is 17.2. The summed E-state index contributed by atoms with van der Waals surface area (Å²) < 4.78 is 71.7. The van der Waals surface area contributed by atoms with Gasteiger partial charge in [-0.1, -0.05) is 5.92 Å². The summed E-state index contributed by atoms with van der Waals surface area (Å²) in [5.74, 6) is 2.57. The van der Waals surface area contributed by atoms with E-state index in [-0.39, 0.29) is 30.0 Å². The van der Waals surface area contributed by atoms with Crippen molar-refractivity contribution in [3.05, 3.63) is 36.4 Å². The molecule has 0 unspecified atom stereocenters. The first-order valence-corrected chi connectivity index (χ1v) is 10.1. The van der Waals surface area contributed by atoms with Crippen LogP contribution < -0.4 is 9.64 Å². The molecule has 1 saturated heterocycles. The number of anilines is 1. The van der Waals surface area contributed by atoms with Crippen molar-refractivity contribution >= 4 is 17.0 Å². The Morgan fingerprint density at radius 3 is 2.76 bits per heavy atom. The average molecular weight is 466 g/mol. The van der Waals surface area contributed by atoms with Gasteiger partial charge in [-0.25, -0.2) is 28.4 Å². The number of ether oxygens (including phenoxy) is 1. The molecule has 0 aliphatic carbocycles. The molecular weight excluding hydrogens is 447 g/mol. The number of rotatable bonds is 6. The Morgan fingerprint density at radius 2 is 2.03 bits per heavy atom. The largest absolute Gasteiger partial charge is 0.491 e. The fraction of sp³-hybridized carbons (Fsp3) is 0.429. The van der Waals surface area contributed by atoms with E-state index in [1.807, 2.05) is 0 Å². The Labute approximate surface area is 185 Å². The van der Waals surface area contributed by atoms with E-state index >= 15 is 0 Å². The second-order valence-electron chi connectivity index (χ2n) is 7.59. The fourth-order valence-corrected chi connectivity index (χ4v) is 3.78. The van der Waals surface area contributed by atoms with Crippen LogP contribution in [0.4, 0.5) is 27.8 Å². The normalized spacial score (nSPS) is 19.1. The van der Waals surface area contributed by atoms with Gasteiger partial charge in [0.05, 0.1) is 25.0 Å². The molecule has 4 rings (SSSR count). The molecule has 7 nitrogen and oxygen atoms in total. The monoisotopic (exact) mass is 466 g/mol. The second kappa shape index (κ2) is 9.17. The Hall–Kier alpha value is -3.49. The molecule has 3 aromatic rings. The van der Waals surface area contributed by atoms with Crippen molar-refractivity contribution in [2.75, 3.05) is 18.1 Å². The fourth-order valence-electron chi connectivity index (χ4n) is 3.78. The summed E-state index contributed by atoms with van der Waals surface area (Å²) >= 11 is 0. The molecule has 0 aromatic carbocycles. The summed E-state index contributed by atoms with van der Waals surface area (Å²) in [7, 11) is 0. The molecule has 12 heteroatoms. The molecule has 0 N–H and O–H groups in total. The smallest absolute Gasteiger partial charge is 0.437 e. The van der Waals surface area contributed by atoms with Crippen LogP contribution in [0.1, 0.15) is 18.5 Å². The Kier molecular flexibility index (Phi) is 6.31. The van der Waals surface area contributed by atoms with Crippen molar-refractivity contribution in [3.8, 4) is 18.1 Å². The highest BCUT2D eigenvalue weighted by molar-refractivity contribution is 5.71. The van der Waals surface area contributed by atoms with E-state index in [0.29, 0.717) is 30.7 Å². The van der Waals surface area contributed by atoms with Gasteiger partial charge in [0.25, 0.3) is 6.43 Å². The van der Waals surface area contributed by atoms with Crippen LogP contribution >= 0.6 is 0 Å². The van der Waals surface area contributed by atoms with E-state index in [0.717, 1.165) is 10.9 Å². The lowest BCUT2D eigenvalue weighted by Crippen LogP contribution is -2.45. The molecule has 0 spiro atoms. The first kappa shape index (κ1) is 22.7. The number of terminal acetylenes is 1.